The first kappa shape index (κ1) is 19.7. The molecule has 3 rings (SSSR count). The monoisotopic (exact) mass is 403 g/mol. The molecule has 0 spiro atoms. The van der Waals surface area contributed by atoms with Gasteiger partial charge < -0.3 is 15.1 Å². The number of likely N-dealkylation sites (N-methyl/N-ethyl adjacent to an activating group) is 1. The molecule has 0 aliphatic carbocycles. The number of halogens is 2. The highest BCUT2D eigenvalue weighted by Crippen LogP contribution is 2.22. The van der Waals surface area contributed by atoms with Gasteiger partial charge in [-0.15, -0.1) is 0 Å². The first-order chi connectivity index (χ1) is 13.0. The maximum Gasteiger partial charge on any atom is 0.244 e. The predicted octanol–water partition coefficient (Wildman–Crippen LogP) is 4.07. The van der Waals surface area contributed by atoms with E-state index in [0.29, 0.717) is 16.6 Å². The van der Waals surface area contributed by atoms with Crippen molar-refractivity contribution in [3.8, 4) is 0 Å². The van der Waals surface area contributed by atoms with Crippen LogP contribution in [0.2, 0.25) is 10.0 Å². The Morgan fingerprint density at radius 1 is 1.07 bits per heavy atom. The number of anilines is 1. The van der Waals surface area contributed by atoms with Crippen LogP contribution in [0.4, 0.5) is 5.69 Å². The lowest BCUT2D eigenvalue weighted by Gasteiger charge is -2.34. The van der Waals surface area contributed by atoms with Crippen molar-refractivity contribution in [3.05, 3.63) is 69.7 Å². The zero-order valence-corrected chi connectivity index (χ0v) is 16.8. The Hall–Kier alpha value is -2.01. The second-order valence-corrected chi connectivity index (χ2v) is 7.52. The molecule has 0 unspecified atom stereocenters. The fourth-order valence-corrected chi connectivity index (χ4v) is 3.41. The molecule has 1 saturated heterocycles. The molecule has 4 nitrogen and oxygen atoms in total. The number of nitrogens with one attached hydrogen (secondary N) is 1. The van der Waals surface area contributed by atoms with Crippen LogP contribution in [0.1, 0.15) is 11.1 Å². The van der Waals surface area contributed by atoms with Gasteiger partial charge in [0.2, 0.25) is 5.91 Å². The maximum atomic E-state index is 12.0. The molecule has 2 aromatic carbocycles. The first-order valence-corrected chi connectivity index (χ1v) is 9.70. The Kier molecular flexibility index (Phi) is 6.78. The molecule has 0 bridgehead atoms. The summed E-state index contributed by atoms with van der Waals surface area (Å²) < 4.78 is 0. The van der Waals surface area contributed by atoms with Gasteiger partial charge in [0, 0.05) is 54.5 Å². The normalized spacial score (nSPS) is 15.3. The van der Waals surface area contributed by atoms with Gasteiger partial charge in [-0.2, -0.15) is 0 Å². The summed E-state index contributed by atoms with van der Waals surface area (Å²) in [4.78, 5) is 16.8. The van der Waals surface area contributed by atoms with E-state index in [4.69, 9.17) is 23.2 Å². The molecule has 1 N–H and O–H groups in total. The third-order valence-electron chi connectivity index (χ3n) is 4.65. The second kappa shape index (κ2) is 9.27. The van der Waals surface area contributed by atoms with Gasteiger partial charge in [-0.3, -0.25) is 4.79 Å². The molecule has 0 atom stereocenters. The van der Waals surface area contributed by atoms with Gasteiger partial charge in [0.1, 0.15) is 0 Å². The molecule has 1 aliphatic heterocycles. The maximum absolute atomic E-state index is 12.0. The van der Waals surface area contributed by atoms with E-state index in [-0.39, 0.29) is 5.91 Å². The van der Waals surface area contributed by atoms with Crippen LogP contribution in [0.25, 0.3) is 6.08 Å². The molecule has 1 aliphatic rings. The SMILES string of the molecule is CN1CCN(c2ccc(CNC(=O)/C=C/c3ccc(Cl)cc3Cl)cc2)CC1. The smallest absolute Gasteiger partial charge is 0.244 e. The lowest BCUT2D eigenvalue weighted by atomic mass is 10.1. The van der Waals surface area contributed by atoms with Crippen molar-refractivity contribution >= 4 is 40.9 Å². The van der Waals surface area contributed by atoms with Crippen LogP contribution in [-0.4, -0.2) is 44.0 Å². The number of carbonyl (C=O) groups is 1. The van der Waals surface area contributed by atoms with Gasteiger partial charge >= 0.3 is 0 Å². The summed E-state index contributed by atoms with van der Waals surface area (Å²) >= 11 is 12.0. The number of piperazine rings is 1. The van der Waals surface area contributed by atoms with Gasteiger partial charge in [0.25, 0.3) is 0 Å². The highest BCUT2D eigenvalue weighted by Gasteiger charge is 2.13. The molecule has 1 heterocycles. The lowest BCUT2D eigenvalue weighted by Crippen LogP contribution is -2.44. The Morgan fingerprint density at radius 2 is 1.78 bits per heavy atom. The average molecular weight is 404 g/mol. The Balaban J connectivity index is 1.50. The number of carbonyl (C=O) groups excluding carboxylic acids is 1. The van der Waals surface area contributed by atoms with E-state index in [1.54, 1.807) is 24.3 Å². The third-order valence-corrected chi connectivity index (χ3v) is 5.21. The van der Waals surface area contributed by atoms with Crippen LogP contribution in [0, 0.1) is 0 Å². The molecule has 142 valence electrons. The second-order valence-electron chi connectivity index (χ2n) is 6.67. The summed E-state index contributed by atoms with van der Waals surface area (Å²) in [6, 6.07) is 13.6. The summed E-state index contributed by atoms with van der Waals surface area (Å²) in [5.74, 6) is -0.163. The largest absolute Gasteiger partial charge is 0.369 e. The first-order valence-electron chi connectivity index (χ1n) is 8.95. The molecule has 0 saturated carbocycles. The summed E-state index contributed by atoms with van der Waals surface area (Å²) in [6.07, 6.45) is 3.16. The molecule has 1 fully saturated rings. The van der Waals surface area contributed by atoms with E-state index in [0.717, 1.165) is 37.3 Å². The molecule has 1 amide bonds. The van der Waals surface area contributed by atoms with Crippen LogP contribution in [-0.2, 0) is 11.3 Å². The van der Waals surface area contributed by atoms with E-state index in [1.807, 2.05) is 0 Å². The van der Waals surface area contributed by atoms with E-state index in [9.17, 15) is 4.79 Å². The summed E-state index contributed by atoms with van der Waals surface area (Å²) in [5, 5.41) is 3.98. The minimum absolute atomic E-state index is 0.163. The molecule has 6 heteroatoms. The van der Waals surface area contributed by atoms with Crippen molar-refractivity contribution in [1.29, 1.82) is 0 Å². The fourth-order valence-electron chi connectivity index (χ4n) is 2.94. The van der Waals surface area contributed by atoms with Crippen LogP contribution in [0.15, 0.2) is 48.5 Å². The van der Waals surface area contributed by atoms with Crippen molar-refractivity contribution in [1.82, 2.24) is 10.2 Å². The summed E-state index contributed by atoms with van der Waals surface area (Å²) in [6.45, 7) is 4.75. The predicted molar refractivity (Wildman–Crippen MR) is 113 cm³/mol. The standard InChI is InChI=1S/C21H23Cl2N3O/c1-25-10-12-26(13-11-25)19-7-2-16(3-8-19)15-24-21(27)9-5-17-4-6-18(22)14-20(17)23/h2-9,14H,10-13,15H2,1H3,(H,24,27)/b9-5+. The van der Waals surface area contributed by atoms with Gasteiger partial charge in [-0.25, -0.2) is 0 Å². The fraction of sp³-hybridized carbons (Fsp3) is 0.286. The zero-order valence-electron chi connectivity index (χ0n) is 15.3. The number of hydrogen-bond acceptors (Lipinski definition) is 3. The van der Waals surface area contributed by atoms with Crippen molar-refractivity contribution in [2.75, 3.05) is 38.1 Å². The van der Waals surface area contributed by atoms with Crippen LogP contribution in [0.5, 0.6) is 0 Å². The van der Waals surface area contributed by atoms with Gasteiger partial charge in [0.05, 0.1) is 0 Å². The number of hydrogen-bond donors (Lipinski definition) is 1. The molecular weight excluding hydrogens is 381 g/mol. The zero-order chi connectivity index (χ0) is 19.2. The van der Waals surface area contributed by atoms with Crippen LogP contribution < -0.4 is 10.2 Å². The minimum Gasteiger partial charge on any atom is -0.369 e. The van der Waals surface area contributed by atoms with Crippen LogP contribution in [0.3, 0.4) is 0 Å². The van der Waals surface area contributed by atoms with Crippen LogP contribution >= 0.6 is 23.2 Å². The molecule has 27 heavy (non-hydrogen) atoms. The Bertz CT molecular complexity index is 813. The van der Waals surface area contributed by atoms with Gasteiger partial charge in [-0.1, -0.05) is 41.4 Å². The van der Waals surface area contributed by atoms with E-state index >= 15 is 0 Å². The van der Waals surface area contributed by atoms with Crippen molar-refractivity contribution in [3.63, 3.8) is 0 Å². The van der Waals surface area contributed by atoms with Crippen molar-refractivity contribution < 1.29 is 4.79 Å². The number of nitrogens with zero attached hydrogens (tertiary/aromatic N) is 2. The number of rotatable bonds is 5. The molecule has 0 radical (unpaired) electrons. The van der Waals surface area contributed by atoms with Crippen molar-refractivity contribution in [2.24, 2.45) is 0 Å². The molecular formula is C21H23Cl2N3O. The van der Waals surface area contributed by atoms with E-state index in [2.05, 4.69) is 46.4 Å². The highest BCUT2D eigenvalue weighted by molar-refractivity contribution is 6.35. The minimum atomic E-state index is -0.163. The third kappa shape index (κ3) is 5.73. The van der Waals surface area contributed by atoms with Crippen molar-refractivity contribution in [2.45, 2.75) is 6.54 Å². The molecule has 2 aromatic rings. The van der Waals surface area contributed by atoms with E-state index < -0.39 is 0 Å². The van der Waals surface area contributed by atoms with Gasteiger partial charge in [0.15, 0.2) is 0 Å². The van der Waals surface area contributed by atoms with E-state index in [1.165, 1.54) is 11.8 Å². The highest BCUT2D eigenvalue weighted by atomic mass is 35.5. The quantitative estimate of drug-likeness (QED) is 0.763. The number of amides is 1. The Labute approximate surface area is 170 Å². The summed E-state index contributed by atoms with van der Waals surface area (Å²) in [5.41, 5.74) is 3.06. The topological polar surface area (TPSA) is 35.6 Å². The lowest BCUT2D eigenvalue weighted by molar-refractivity contribution is -0.116. The Morgan fingerprint density at radius 3 is 2.44 bits per heavy atom. The number of benzene rings is 2. The summed E-state index contributed by atoms with van der Waals surface area (Å²) in [7, 11) is 2.15. The molecule has 0 aromatic heterocycles. The average Bonchev–Trinajstić information content (AvgIpc) is 2.67. The van der Waals surface area contributed by atoms with Gasteiger partial charge in [-0.05, 0) is 48.5 Å².